The second-order valence-corrected chi connectivity index (χ2v) is 4.22. The number of benzene rings is 1. The molecule has 0 spiro atoms. The summed E-state index contributed by atoms with van der Waals surface area (Å²) in [5.74, 6) is 0.241. The maximum Gasteiger partial charge on any atom is 0.416 e. The van der Waals surface area contributed by atoms with E-state index in [-0.39, 0.29) is 11.8 Å². The fourth-order valence-electron chi connectivity index (χ4n) is 1.17. The minimum absolute atomic E-state index is 0.0676. The molecule has 1 heterocycles. The standard InChI is InChI=1S/C11H6BrF3N2O/c12-8-5-16-10(17-6-8)18-9-3-1-7(2-4-9)11(13,14)15/h1-6H. The van der Waals surface area contributed by atoms with E-state index in [0.29, 0.717) is 4.47 Å². The summed E-state index contributed by atoms with van der Waals surface area (Å²) >= 11 is 3.16. The molecule has 0 saturated carbocycles. The van der Waals surface area contributed by atoms with Gasteiger partial charge < -0.3 is 4.74 Å². The molecule has 18 heavy (non-hydrogen) atoms. The number of ether oxygens (including phenoxy) is 1. The van der Waals surface area contributed by atoms with Gasteiger partial charge in [-0.05, 0) is 40.2 Å². The molecular weight excluding hydrogens is 313 g/mol. The fraction of sp³-hybridized carbons (Fsp3) is 0.0909. The summed E-state index contributed by atoms with van der Waals surface area (Å²) in [6, 6.07) is 4.38. The molecule has 0 N–H and O–H groups in total. The lowest BCUT2D eigenvalue weighted by molar-refractivity contribution is -0.137. The lowest BCUT2D eigenvalue weighted by atomic mass is 10.2. The Labute approximate surface area is 109 Å². The van der Waals surface area contributed by atoms with Crippen LogP contribution < -0.4 is 4.74 Å². The van der Waals surface area contributed by atoms with Crippen molar-refractivity contribution in [2.24, 2.45) is 0 Å². The highest BCUT2D eigenvalue weighted by Crippen LogP contribution is 2.30. The number of alkyl halides is 3. The molecule has 2 aromatic rings. The number of hydrogen-bond acceptors (Lipinski definition) is 3. The van der Waals surface area contributed by atoms with Crippen molar-refractivity contribution < 1.29 is 17.9 Å². The van der Waals surface area contributed by atoms with Crippen LogP contribution in [0.4, 0.5) is 13.2 Å². The molecule has 1 aromatic heterocycles. The zero-order valence-corrected chi connectivity index (χ0v) is 10.4. The van der Waals surface area contributed by atoms with Crippen molar-refractivity contribution in [3.8, 4) is 11.8 Å². The van der Waals surface area contributed by atoms with E-state index >= 15 is 0 Å². The van der Waals surface area contributed by atoms with Gasteiger partial charge >= 0.3 is 12.2 Å². The zero-order chi connectivity index (χ0) is 13.2. The molecule has 3 nitrogen and oxygen atoms in total. The van der Waals surface area contributed by atoms with Crippen molar-refractivity contribution in [3.05, 3.63) is 46.7 Å². The summed E-state index contributed by atoms with van der Waals surface area (Å²) in [7, 11) is 0. The Bertz CT molecular complexity index is 525. The van der Waals surface area contributed by atoms with E-state index < -0.39 is 11.7 Å². The predicted molar refractivity (Wildman–Crippen MR) is 61.3 cm³/mol. The van der Waals surface area contributed by atoms with E-state index in [9.17, 15) is 13.2 Å². The van der Waals surface area contributed by atoms with E-state index in [0.717, 1.165) is 12.1 Å². The molecule has 0 unspecified atom stereocenters. The van der Waals surface area contributed by atoms with Crippen LogP contribution in [0, 0.1) is 0 Å². The van der Waals surface area contributed by atoms with E-state index in [2.05, 4.69) is 25.9 Å². The molecule has 7 heteroatoms. The number of hydrogen-bond donors (Lipinski definition) is 0. The molecule has 0 aliphatic rings. The first-order chi connectivity index (χ1) is 8.45. The molecule has 94 valence electrons. The van der Waals surface area contributed by atoms with Gasteiger partial charge in [-0.3, -0.25) is 0 Å². The van der Waals surface area contributed by atoms with Crippen LogP contribution in [0.3, 0.4) is 0 Å². The third-order valence-electron chi connectivity index (χ3n) is 1.99. The van der Waals surface area contributed by atoms with Crippen LogP contribution in [0.2, 0.25) is 0 Å². The first-order valence-electron chi connectivity index (χ1n) is 4.78. The summed E-state index contributed by atoms with van der Waals surface area (Å²) in [4.78, 5) is 7.68. The minimum atomic E-state index is -4.35. The topological polar surface area (TPSA) is 35.0 Å². The van der Waals surface area contributed by atoms with Crippen molar-refractivity contribution >= 4 is 15.9 Å². The predicted octanol–water partition coefficient (Wildman–Crippen LogP) is 4.05. The van der Waals surface area contributed by atoms with Crippen molar-refractivity contribution in [2.45, 2.75) is 6.18 Å². The van der Waals surface area contributed by atoms with Gasteiger partial charge in [0, 0.05) is 12.4 Å². The monoisotopic (exact) mass is 318 g/mol. The van der Waals surface area contributed by atoms with Crippen molar-refractivity contribution in [1.82, 2.24) is 9.97 Å². The zero-order valence-electron chi connectivity index (χ0n) is 8.78. The summed E-state index contributed by atoms with van der Waals surface area (Å²) in [5.41, 5.74) is -0.730. The van der Waals surface area contributed by atoms with Crippen molar-refractivity contribution in [2.75, 3.05) is 0 Å². The van der Waals surface area contributed by atoms with E-state index in [1.165, 1.54) is 24.5 Å². The molecule has 0 atom stereocenters. The van der Waals surface area contributed by atoms with Gasteiger partial charge in [0.2, 0.25) is 0 Å². The highest BCUT2D eigenvalue weighted by Gasteiger charge is 2.30. The van der Waals surface area contributed by atoms with Crippen LogP contribution in [0.25, 0.3) is 0 Å². The Morgan fingerprint density at radius 2 is 1.56 bits per heavy atom. The Morgan fingerprint density at radius 3 is 2.06 bits per heavy atom. The Kier molecular flexibility index (Phi) is 3.51. The number of aromatic nitrogens is 2. The van der Waals surface area contributed by atoms with Gasteiger partial charge in [-0.15, -0.1) is 0 Å². The highest BCUT2D eigenvalue weighted by molar-refractivity contribution is 9.10. The molecule has 0 radical (unpaired) electrons. The molecule has 1 aromatic carbocycles. The molecule has 0 aliphatic carbocycles. The first-order valence-corrected chi connectivity index (χ1v) is 5.57. The van der Waals surface area contributed by atoms with Gasteiger partial charge in [-0.2, -0.15) is 13.2 Å². The average Bonchev–Trinajstić information content (AvgIpc) is 2.32. The second kappa shape index (κ2) is 4.93. The molecular formula is C11H6BrF3N2O. The SMILES string of the molecule is FC(F)(F)c1ccc(Oc2ncc(Br)cn2)cc1. The highest BCUT2D eigenvalue weighted by atomic mass is 79.9. The number of halogens is 4. The Morgan fingerprint density at radius 1 is 1.00 bits per heavy atom. The molecule has 0 fully saturated rings. The van der Waals surface area contributed by atoms with Crippen LogP contribution in [-0.4, -0.2) is 9.97 Å². The Hall–Kier alpha value is -1.63. The summed E-state index contributed by atoms with van der Waals surface area (Å²) in [6.45, 7) is 0. The van der Waals surface area contributed by atoms with Crippen molar-refractivity contribution in [3.63, 3.8) is 0 Å². The molecule has 0 aliphatic heterocycles. The van der Waals surface area contributed by atoms with Crippen LogP contribution in [0.1, 0.15) is 5.56 Å². The van der Waals surface area contributed by atoms with Gasteiger partial charge in [-0.25, -0.2) is 9.97 Å². The third kappa shape index (κ3) is 3.19. The quantitative estimate of drug-likeness (QED) is 0.837. The van der Waals surface area contributed by atoms with Crippen LogP contribution in [0.5, 0.6) is 11.8 Å². The van der Waals surface area contributed by atoms with Crippen LogP contribution >= 0.6 is 15.9 Å². The van der Waals surface area contributed by atoms with Gasteiger partial charge in [0.25, 0.3) is 0 Å². The minimum Gasteiger partial charge on any atom is -0.424 e. The van der Waals surface area contributed by atoms with E-state index in [1.807, 2.05) is 0 Å². The lowest BCUT2D eigenvalue weighted by Gasteiger charge is -2.07. The molecule has 0 saturated heterocycles. The molecule has 2 rings (SSSR count). The van der Waals surface area contributed by atoms with Crippen LogP contribution in [0.15, 0.2) is 41.1 Å². The van der Waals surface area contributed by atoms with Gasteiger partial charge in [0.1, 0.15) is 5.75 Å². The average molecular weight is 319 g/mol. The van der Waals surface area contributed by atoms with Gasteiger partial charge in [-0.1, -0.05) is 0 Å². The van der Waals surface area contributed by atoms with E-state index in [1.54, 1.807) is 0 Å². The molecule has 0 bridgehead atoms. The smallest absolute Gasteiger partial charge is 0.416 e. The maximum absolute atomic E-state index is 12.3. The lowest BCUT2D eigenvalue weighted by Crippen LogP contribution is -2.04. The fourth-order valence-corrected chi connectivity index (χ4v) is 1.38. The summed E-state index contributed by atoms with van der Waals surface area (Å²) in [6.07, 6.45) is -1.40. The van der Waals surface area contributed by atoms with Crippen molar-refractivity contribution in [1.29, 1.82) is 0 Å². The number of nitrogens with zero attached hydrogens (tertiary/aromatic N) is 2. The third-order valence-corrected chi connectivity index (χ3v) is 2.40. The van der Waals surface area contributed by atoms with Gasteiger partial charge in [0.05, 0.1) is 10.0 Å². The Balaban J connectivity index is 2.13. The number of rotatable bonds is 2. The summed E-state index contributed by atoms with van der Waals surface area (Å²) in [5, 5.41) is 0. The van der Waals surface area contributed by atoms with E-state index in [4.69, 9.17) is 4.74 Å². The largest absolute Gasteiger partial charge is 0.424 e. The first kappa shape index (κ1) is 12.8. The van der Waals surface area contributed by atoms with Crippen LogP contribution in [-0.2, 0) is 6.18 Å². The van der Waals surface area contributed by atoms with Gasteiger partial charge in [0.15, 0.2) is 0 Å². The molecule has 0 amide bonds. The maximum atomic E-state index is 12.3. The normalized spacial score (nSPS) is 11.3. The second-order valence-electron chi connectivity index (χ2n) is 3.31. The summed E-state index contributed by atoms with van der Waals surface area (Å²) < 4.78 is 42.8.